The summed E-state index contributed by atoms with van der Waals surface area (Å²) in [6.07, 6.45) is 28.8. The van der Waals surface area contributed by atoms with Gasteiger partial charge in [-0.15, -0.1) is 0 Å². The third-order valence-electron chi connectivity index (χ3n) is 5.79. The van der Waals surface area contributed by atoms with E-state index in [1.165, 1.54) is 103 Å². The van der Waals surface area contributed by atoms with Crippen molar-refractivity contribution in [2.45, 2.75) is 129 Å². The van der Waals surface area contributed by atoms with Crippen LogP contribution in [0.25, 0.3) is 0 Å². The first-order chi connectivity index (χ1) is 14.2. The van der Waals surface area contributed by atoms with E-state index in [4.69, 9.17) is 8.85 Å². The molecule has 0 N–H and O–H groups in total. The third kappa shape index (κ3) is 18.1. The minimum atomic E-state index is -2.29. The lowest BCUT2D eigenvalue weighted by Crippen LogP contribution is -2.36. The molecule has 0 aromatic rings. The number of hydrogen-bond donors (Lipinski definition) is 0. The van der Waals surface area contributed by atoms with Crippen LogP contribution in [0.3, 0.4) is 0 Å². The highest BCUT2D eigenvalue weighted by molar-refractivity contribution is 6.77. The van der Waals surface area contributed by atoms with Crippen molar-refractivity contribution < 1.29 is 8.85 Å². The fourth-order valence-corrected chi connectivity index (χ4v) is 5.51. The maximum absolute atomic E-state index is 5.80. The minimum absolute atomic E-state index is 1.14. The molecule has 0 rings (SSSR count). The molecule has 0 heterocycles. The fraction of sp³-hybridized carbons (Fsp3) is 0.846. The van der Waals surface area contributed by atoms with Gasteiger partial charge in [-0.1, -0.05) is 116 Å². The van der Waals surface area contributed by atoms with E-state index in [0.29, 0.717) is 0 Å². The van der Waals surface area contributed by atoms with E-state index in [-0.39, 0.29) is 0 Å². The maximum Gasteiger partial charge on any atom is 0.390 e. The highest BCUT2D eigenvalue weighted by Gasteiger charge is 2.28. The Bertz CT molecular complexity index is 343. The number of unbranched alkanes of at least 4 members (excludes halogenated alkanes) is 16. The molecule has 0 atom stereocenters. The Morgan fingerprint density at radius 1 is 0.483 bits per heavy atom. The van der Waals surface area contributed by atoms with Crippen LogP contribution in [0.15, 0.2) is 23.6 Å². The summed E-state index contributed by atoms with van der Waals surface area (Å²) in [5.41, 5.74) is 4.44. The summed E-state index contributed by atoms with van der Waals surface area (Å²) in [6, 6.07) is 0. The van der Waals surface area contributed by atoms with Gasteiger partial charge in [0.25, 0.3) is 0 Å². The van der Waals surface area contributed by atoms with Crippen LogP contribution < -0.4 is 0 Å². The van der Waals surface area contributed by atoms with Crippen LogP contribution in [-0.4, -0.2) is 22.8 Å². The highest BCUT2D eigenvalue weighted by atomic mass is 28.4. The molecule has 0 aliphatic heterocycles. The zero-order chi connectivity index (χ0) is 21.5. The van der Waals surface area contributed by atoms with Crippen molar-refractivity contribution >= 4 is 8.56 Å². The minimum Gasteiger partial charge on any atom is -0.392 e. The summed E-state index contributed by atoms with van der Waals surface area (Å²) >= 11 is 0. The van der Waals surface area contributed by atoms with Gasteiger partial charge in [-0.05, 0) is 37.1 Å². The van der Waals surface area contributed by atoms with Crippen LogP contribution in [-0.2, 0) is 8.85 Å². The van der Waals surface area contributed by atoms with E-state index in [2.05, 4.69) is 37.4 Å². The Balaban J connectivity index is 3.89. The molecule has 0 amide bonds. The van der Waals surface area contributed by atoms with Gasteiger partial charge in [0.05, 0.1) is 0 Å². The molecule has 0 aliphatic carbocycles. The van der Waals surface area contributed by atoms with Gasteiger partial charge in [-0.2, -0.15) is 0 Å². The lowest BCUT2D eigenvalue weighted by molar-refractivity contribution is 0.269. The second-order valence-corrected chi connectivity index (χ2v) is 11.4. The monoisotopic (exact) mass is 424 g/mol. The average molecular weight is 425 g/mol. The lowest BCUT2D eigenvalue weighted by Gasteiger charge is -2.19. The predicted octanol–water partition coefficient (Wildman–Crippen LogP) is 8.97. The van der Waals surface area contributed by atoms with E-state index >= 15 is 0 Å². The zero-order valence-corrected chi connectivity index (χ0v) is 21.4. The molecule has 0 aromatic carbocycles. The summed E-state index contributed by atoms with van der Waals surface area (Å²) in [5.74, 6) is 0. The van der Waals surface area contributed by atoms with Crippen LogP contribution in [0.2, 0.25) is 0 Å². The highest BCUT2D eigenvalue weighted by Crippen LogP contribution is 2.14. The summed E-state index contributed by atoms with van der Waals surface area (Å²) in [4.78, 5) is 0. The first-order valence-electron chi connectivity index (χ1n) is 12.7. The Kier molecular flexibility index (Phi) is 22.0. The number of hydrogen-bond acceptors (Lipinski definition) is 2. The van der Waals surface area contributed by atoms with Crippen LogP contribution in [0, 0.1) is 0 Å². The topological polar surface area (TPSA) is 18.5 Å². The number of allylic oxidation sites excluding steroid dienone is 2. The van der Waals surface area contributed by atoms with Gasteiger partial charge in [-0.3, -0.25) is 0 Å². The number of rotatable bonds is 22. The molecule has 0 aromatic heterocycles. The molecular weight excluding hydrogens is 372 g/mol. The van der Waals surface area contributed by atoms with Crippen molar-refractivity contribution in [1.29, 1.82) is 0 Å². The van der Waals surface area contributed by atoms with Gasteiger partial charge in [0, 0.05) is 14.2 Å². The Morgan fingerprint density at radius 3 is 1.10 bits per heavy atom. The van der Waals surface area contributed by atoms with E-state index in [9.17, 15) is 0 Å². The first kappa shape index (κ1) is 28.6. The van der Waals surface area contributed by atoms with Crippen molar-refractivity contribution in [3.8, 4) is 0 Å². The first-order valence-corrected chi connectivity index (χ1v) is 14.7. The second kappa shape index (κ2) is 22.3. The second-order valence-electron chi connectivity index (χ2n) is 8.46. The standard InChI is InChI=1S/C26H52O2Si/c1-5-7-9-11-13-15-17-19-21-23-25-29(27-3,28-4)26-24-22-20-18-16-14-12-10-8-6-2/h23-26H,5-22H2,1-4H3/b25-23+,26-24+. The van der Waals surface area contributed by atoms with Crippen molar-refractivity contribution in [3.05, 3.63) is 23.6 Å². The largest absolute Gasteiger partial charge is 0.392 e. The van der Waals surface area contributed by atoms with Gasteiger partial charge in [0.1, 0.15) is 0 Å². The van der Waals surface area contributed by atoms with E-state index in [1.54, 1.807) is 14.2 Å². The SMILES string of the molecule is CCCCCCCCCC/C=C/[Si](/C=C/CCCCCCCCCC)(OC)OC. The van der Waals surface area contributed by atoms with Gasteiger partial charge >= 0.3 is 8.56 Å². The molecule has 29 heavy (non-hydrogen) atoms. The predicted molar refractivity (Wildman–Crippen MR) is 133 cm³/mol. The molecule has 0 spiro atoms. The Morgan fingerprint density at radius 2 is 0.793 bits per heavy atom. The summed E-state index contributed by atoms with van der Waals surface area (Å²) in [6.45, 7) is 4.56. The molecule has 0 radical (unpaired) electrons. The smallest absolute Gasteiger partial charge is 0.390 e. The van der Waals surface area contributed by atoms with Crippen LogP contribution in [0.5, 0.6) is 0 Å². The van der Waals surface area contributed by atoms with Crippen molar-refractivity contribution in [3.63, 3.8) is 0 Å². The van der Waals surface area contributed by atoms with Crippen molar-refractivity contribution in [1.82, 2.24) is 0 Å². The molecule has 0 unspecified atom stereocenters. The molecule has 0 saturated heterocycles. The van der Waals surface area contributed by atoms with Crippen LogP contribution >= 0.6 is 0 Å². The van der Waals surface area contributed by atoms with Gasteiger partial charge in [0.2, 0.25) is 0 Å². The Hall–Kier alpha value is -0.383. The molecule has 3 heteroatoms. The van der Waals surface area contributed by atoms with E-state index < -0.39 is 8.56 Å². The summed E-state index contributed by atoms with van der Waals surface area (Å²) in [7, 11) is 1.29. The average Bonchev–Trinajstić information content (AvgIpc) is 2.75. The normalized spacial score (nSPS) is 12.6. The van der Waals surface area contributed by atoms with Crippen molar-refractivity contribution in [2.75, 3.05) is 14.2 Å². The van der Waals surface area contributed by atoms with Gasteiger partial charge in [-0.25, -0.2) is 0 Å². The maximum atomic E-state index is 5.80. The third-order valence-corrected chi connectivity index (χ3v) is 8.46. The van der Waals surface area contributed by atoms with E-state index in [1.807, 2.05) is 0 Å². The molecule has 0 saturated carbocycles. The molecule has 0 fully saturated rings. The molecule has 0 bridgehead atoms. The quantitative estimate of drug-likeness (QED) is 0.127. The molecule has 2 nitrogen and oxygen atoms in total. The lowest BCUT2D eigenvalue weighted by atomic mass is 10.1. The van der Waals surface area contributed by atoms with Gasteiger partial charge in [0.15, 0.2) is 0 Å². The molecule has 0 aliphatic rings. The summed E-state index contributed by atoms with van der Waals surface area (Å²) < 4.78 is 11.6. The van der Waals surface area contributed by atoms with Crippen LogP contribution in [0.4, 0.5) is 0 Å². The van der Waals surface area contributed by atoms with Crippen LogP contribution in [0.1, 0.15) is 129 Å². The zero-order valence-electron chi connectivity index (χ0n) is 20.4. The Labute approximate surface area is 184 Å². The fourth-order valence-electron chi connectivity index (χ4n) is 3.70. The van der Waals surface area contributed by atoms with E-state index in [0.717, 1.165) is 12.8 Å². The van der Waals surface area contributed by atoms with Crippen molar-refractivity contribution in [2.24, 2.45) is 0 Å². The summed E-state index contributed by atoms with van der Waals surface area (Å²) in [5, 5.41) is 0. The van der Waals surface area contributed by atoms with Gasteiger partial charge < -0.3 is 8.85 Å². The molecule has 172 valence electrons. The molecular formula is C26H52O2Si.